The maximum absolute atomic E-state index is 12.3. The highest BCUT2D eigenvalue weighted by molar-refractivity contribution is 8.00. The Labute approximate surface area is 128 Å². The van der Waals surface area contributed by atoms with Gasteiger partial charge in [-0.2, -0.15) is 11.8 Å². The first-order valence-corrected chi connectivity index (χ1v) is 8.11. The average molecular weight is 308 g/mol. The molecular formula is C15H20N2O3S. The van der Waals surface area contributed by atoms with Crippen molar-refractivity contribution >= 4 is 23.8 Å². The van der Waals surface area contributed by atoms with Gasteiger partial charge in [0.25, 0.3) is 0 Å². The fraction of sp³-hybridized carbons (Fsp3) is 0.467. The Hall–Kier alpha value is -1.69. The second kappa shape index (κ2) is 7.36. The molecule has 0 bridgehead atoms. The van der Waals surface area contributed by atoms with Crippen molar-refractivity contribution in [2.24, 2.45) is 0 Å². The van der Waals surface area contributed by atoms with Gasteiger partial charge in [0.05, 0.1) is 0 Å². The number of urea groups is 1. The maximum Gasteiger partial charge on any atom is 0.330 e. The fourth-order valence-corrected chi connectivity index (χ4v) is 3.48. The number of carbonyl (C=O) groups excluding carboxylic acids is 1. The van der Waals surface area contributed by atoms with Crippen LogP contribution in [0.15, 0.2) is 30.3 Å². The van der Waals surface area contributed by atoms with Crippen LogP contribution in [0, 0.1) is 0 Å². The number of hydrogen-bond acceptors (Lipinski definition) is 3. The van der Waals surface area contributed by atoms with E-state index in [1.807, 2.05) is 17.8 Å². The van der Waals surface area contributed by atoms with E-state index >= 15 is 0 Å². The summed E-state index contributed by atoms with van der Waals surface area (Å²) in [6, 6.07) is 7.46. The number of nitrogens with zero attached hydrogens (tertiary/aromatic N) is 1. The molecule has 5 nitrogen and oxygen atoms in total. The van der Waals surface area contributed by atoms with Crippen molar-refractivity contribution in [1.82, 2.24) is 10.2 Å². The number of aliphatic carboxylic acids is 1. The molecule has 2 amide bonds. The van der Waals surface area contributed by atoms with Gasteiger partial charge in [0.2, 0.25) is 0 Å². The maximum atomic E-state index is 12.3. The van der Waals surface area contributed by atoms with E-state index in [1.165, 1.54) is 0 Å². The van der Waals surface area contributed by atoms with Crippen molar-refractivity contribution in [2.75, 3.05) is 18.8 Å². The summed E-state index contributed by atoms with van der Waals surface area (Å²) < 4.78 is 0. The van der Waals surface area contributed by atoms with Gasteiger partial charge in [-0.3, -0.25) is 0 Å². The molecule has 1 unspecified atom stereocenters. The zero-order valence-electron chi connectivity index (χ0n) is 12.0. The lowest BCUT2D eigenvalue weighted by Crippen LogP contribution is -2.48. The summed E-state index contributed by atoms with van der Waals surface area (Å²) in [5, 5.41) is 12.4. The van der Waals surface area contributed by atoms with Crippen LogP contribution in [-0.2, 0) is 4.79 Å². The lowest BCUT2D eigenvalue weighted by Gasteiger charge is -2.32. The van der Waals surface area contributed by atoms with Gasteiger partial charge in [-0.1, -0.05) is 37.3 Å². The second-order valence-corrected chi connectivity index (χ2v) is 6.39. The number of carbonyl (C=O) groups is 2. The van der Waals surface area contributed by atoms with Gasteiger partial charge in [-0.05, 0) is 12.0 Å². The first-order valence-electron chi connectivity index (χ1n) is 7.06. The molecule has 0 aliphatic carbocycles. The Morgan fingerprint density at radius 2 is 2.14 bits per heavy atom. The topological polar surface area (TPSA) is 69.6 Å². The van der Waals surface area contributed by atoms with Gasteiger partial charge in [-0.15, -0.1) is 0 Å². The van der Waals surface area contributed by atoms with Crippen molar-refractivity contribution in [1.29, 1.82) is 0 Å². The van der Waals surface area contributed by atoms with Crippen molar-refractivity contribution in [2.45, 2.75) is 24.6 Å². The minimum atomic E-state index is -1.05. The zero-order chi connectivity index (χ0) is 15.2. The molecule has 2 N–H and O–H groups in total. The third-order valence-corrected chi connectivity index (χ3v) is 4.90. The van der Waals surface area contributed by atoms with Crippen molar-refractivity contribution in [3.05, 3.63) is 35.9 Å². The van der Waals surface area contributed by atoms with Crippen LogP contribution in [0.1, 0.15) is 24.9 Å². The fourth-order valence-electron chi connectivity index (χ4n) is 2.30. The molecule has 1 saturated heterocycles. The molecule has 21 heavy (non-hydrogen) atoms. The summed E-state index contributed by atoms with van der Waals surface area (Å²) in [4.78, 5) is 25.4. The van der Waals surface area contributed by atoms with Gasteiger partial charge in [-0.25, -0.2) is 9.59 Å². The highest BCUT2D eigenvalue weighted by Gasteiger charge is 2.27. The summed E-state index contributed by atoms with van der Waals surface area (Å²) in [6.45, 7) is 3.44. The molecule has 1 aromatic rings. The van der Waals surface area contributed by atoms with Crippen LogP contribution in [0.4, 0.5) is 4.79 Å². The summed E-state index contributed by atoms with van der Waals surface area (Å²) in [7, 11) is 0. The van der Waals surface area contributed by atoms with Crippen molar-refractivity contribution in [3.8, 4) is 0 Å². The van der Waals surface area contributed by atoms with Crippen molar-refractivity contribution < 1.29 is 14.7 Å². The lowest BCUT2D eigenvalue weighted by molar-refractivity contribution is -0.139. The van der Waals surface area contributed by atoms with Gasteiger partial charge in [0.15, 0.2) is 6.04 Å². The number of thioether (sulfide) groups is 1. The highest BCUT2D eigenvalue weighted by atomic mass is 32.2. The molecule has 2 rings (SSSR count). The summed E-state index contributed by atoms with van der Waals surface area (Å²) >= 11 is 1.87. The molecular weight excluding hydrogens is 288 g/mol. The summed E-state index contributed by atoms with van der Waals surface area (Å²) in [5.41, 5.74) is 0.580. The Morgan fingerprint density at radius 1 is 1.43 bits per heavy atom. The number of hydrogen-bond donors (Lipinski definition) is 2. The normalized spacial score (nSPS) is 19.9. The largest absolute Gasteiger partial charge is 0.479 e. The van der Waals surface area contributed by atoms with E-state index in [0.717, 1.165) is 12.2 Å². The molecule has 6 heteroatoms. The van der Waals surface area contributed by atoms with E-state index in [1.54, 1.807) is 29.2 Å². The second-order valence-electron chi connectivity index (χ2n) is 4.98. The number of rotatable bonds is 4. The third-order valence-electron chi connectivity index (χ3n) is 3.53. The number of amides is 2. The molecule has 0 spiro atoms. The van der Waals surface area contributed by atoms with E-state index in [9.17, 15) is 14.7 Å². The first kappa shape index (κ1) is 15.7. The van der Waals surface area contributed by atoms with E-state index < -0.39 is 12.0 Å². The zero-order valence-corrected chi connectivity index (χ0v) is 12.8. The van der Waals surface area contributed by atoms with Crippen LogP contribution in [0.3, 0.4) is 0 Å². The first-order chi connectivity index (χ1) is 10.1. The smallest absolute Gasteiger partial charge is 0.330 e. The molecule has 0 radical (unpaired) electrons. The Balaban J connectivity index is 2.03. The van der Waals surface area contributed by atoms with E-state index in [0.29, 0.717) is 23.9 Å². The van der Waals surface area contributed by atoms with Crippen molar-refractivity contribution in [3.63, 3.8) is 0 Å². The van der Waals surface area contributed by atoms with Crippen LogP contribution in [0.5, 0.6) is 0 Å². The van der Waals surface area contributed by atoms with Crippen LogP contribution >= 0.6 is 11.8 Å². The molecule has 0 aromatic heterocycles. The van der Waals surface area contributed by atoms with Gasteiger partial charge < -0.3 is 15.3 Å². The van der Waals surface area contributed by atoms with Crippen LogP contribution in [-0.4, -0.2) is 46.1 Å². The predicted molar refractivity (Wildman–Crippen MR) is 83.5 cm³/mol. The molecule has 1 fully saturated rings. The SMILES string of the molecule is CCC1CN(C(=O)N[C@H](C(=O)O)c2ccccc2)CCS1. The molecule has 1 aliphatic rings. The predicted octanol–water partition coefficient (Wildman–Crippen LogP) is 2.35. The van der Waals surface area contributed by atoms with E-state index in [4.69, 9.17) is 0 Å². The quantitative estimate of drug-likeness (QED) is 0.896. The molecule has 1 heterocycles. The Morgan fingerprint density at radius 3 is 2.76 bits per heavy atom. The van der Waals surface area contributed by atoms with Gasteiger partial charge >= 0.3 is 12.0 Å². The Bertz CT molecular complexity index is 495. The molecule has 114 valence electrons. The number of benzene rings is 1. The number of carboxylic acid groups (broad SMARTS) is 1. The Kier molecular flexibility index (Phi) is 5.50. The van der Waals surface area contributed by atoms with Crippen LogP contribution < -0.4 is 5.32 Å². The molecule has 2 atom stereocenters. The minimum Gasteiger partial charge on any atom is -0.479 e. The monoisotopic (exact) mass is 308 g/mol. The van der Waals surface area contributed by atoms with Gasteiger partial charge in [0.1, 0.15) is 0 Å². The third kappa shape index (κ3) is 4.14. The lowest BCUT2D eigenvalue weighted by atomic mass is 10.1. The standard InChI is InChI=1S/C15H20N2O3S/c1-2-12-10-17(8-9-21-12)15(20)16-13(14(18)19)11-6-4-3-5-7-11/h3-7,12-13H,2,8-10H2,1H3,(H,16,20)(H,18,19)/t12?,13-/m0/s1. The molecule has 1 aliphatic heterocycles. The highest BCUT2D eigenvalue weighted by Crippen LogP contribution is 2.21. The summed E-state index contributed by atoms with van der Waals surface area (Å²) in [5.74, 6) is -0.150. The molecule has 0 saturated carbocycles. The van der Waals surface area contributed by atoms with Crippen LogP contribution in [0.25, 0.3) is 0 Å². The minimum absolute atomic E-state index is 0.301. The number of nitrogens with one attached hydrogen (secondary N) is 1. The average Bonchev–Trinajstić information content (AvgIpc) is 2.53. The van der Waals surface area contributed by atoms with E-state index in [-0.39, 0.29) is 6.03 Å². The van der Waals surface area contributed by atoms with Gasteiger partial charge in [0, 0.05) is 24.1 Å². The molecule has 1 aromatic carbocycles. The van der Waals surface area contributed by atoms with E-state index in [2.05, 4.69) is 12.2 Å². The number of carboxylic acids is 1. The summed E-state index contributed by atoms with van der Waals surface area (Å²) in [6.07, 6.45) is 1.01. The van der Waals surface area contributed by atoms with Crippen LogP contribution in [0.2, 0.25) is 0 Å².